The maximum atomic E-state index is 2.37. The van der Waals surface area contributed by atoms with Crippen LogP contribution in [0, 0.1) is 6.42 Å². The molecule has 1 radical (unpaired) electrons. The van der Waals surface area contributed by atoms with Crippen LogP contribution in [0.2, 0.25) is 0 Å². The number of allylic oxidation sites excluding steroid dienone is 3. The van der Waals surface area contributed by atoms with Gasteiger partial charge in [-0.05, 0) is 0 Å². The van der Waals surface area contributed by atoms with Crippen LogP contribution in [0.15, 0.2) is 42.0 Å². The van der Waals surface area contributed by atoms with Gasteiger partial charge in [0.1, 0.15) is 0 Å². The molecule has 0 fully saturated rings. The third-order valence-corrected chi connectivity index (χ3v) is 5.44. The topological polar surface area (TPSA) is 0 Å². The van der Waals surface area contributed by atoms with E-state index in [4.69, 9.17) is 0 Å². The number of rotatable bonds is 0. The Morgan fingerprint density at radius 2 is 2.00 bits per heavy atom. The van der Waals surface area contributed by atoms with Crippen molar-refractivity contribution in [2.75, 3.05) is 0 Å². The fraction of sp³-hybridized carbons (Fsp3) is 0. The molecule has 0 amide bonds. The fourth-order valence-corrected chi connectivity index (χ4v) is 4.48. The van der Waals surface area contributed by atoms with Crippen molar-refractivity contribution in [3.05, 3.63) is 59.5 Å². The van der Waals surface area contributed by atoms with Crippen LogP contribution in [0.4, 0.5) is 0 Å². The molecule has 0 unspecified atom stereocenters. The van der Waals surface area contributed by atoms with E-state index in [-0.39, 0.29) is 15.0 Å². The maximum absolute atomic E-state index is 2.37. The van der Waals surface area contributed by atoms with Crippen LogP contribution in [0.25, 0.3) is 4.41 Å². The van der Waals surface area contributed by atoms with Gasteiger partial charge in [0.2, 0.25) is 0 Å². The Labute approximate surface area is 84.0 Å². The van der Waals surface area contributed by atoms with Gasteiger partial charge in [0.15, 0.2) is 0 Å². The Morgan fingerprint density at radius 1 is 1.08 bits per heavy atom. The minimum absolute atomic E-state index is 0.287. The van der Waals surface area contributed by atoms with E-state index in [2.05, 4.69) is 47.7 Å². The second-order valence-electron chi connectivity index (χ2n) is 3.32. The third-order valence-electron chi connectivity index (χ3n) is 2.52. The molecule has 1 aromatic rings. The molecule has 0 bridgehead atoms. The first kappa shape index (κ1) is 7.51. The predicted molar refractivity (Wildman–Crippen MR) is 59.1 cm³/mol. The zero-order valence-electron chi connectivity index (χ0n) is 7.20. The van der Waals surface area contributed by atoms with E-state index in [0.29, 0.717) is 0 Å². The monoisotopic (exact) mass is 227 g/mol. The zero-order valence-corrected chi connectivity index (χ0v) is 9.62. The van der Waals surface area contributed by atoms with Crippen molar-refractivity contribution in [2.45, 2.75) is 0 Å². The van der Waals surface area contributed by atoms with Gasteiger partial charge in [0.25, 0.3) is 0 Å². The van der Waals surface area contributed by atoms with Gasteiger partial charge in [0, 0.05) is 0 Å². The molecule has 1 aliphatic heterocycles. The molecule has 0 nitrogen and oxygen atoms in total. The second-order valence-corrected chi connectivity index (χ2v) is 6.04. The third kappa shape index (κ3) is 1.09. The molecule has 0 N–H and O–H groups in total. The Bertz CT molecular complexity index is 450. The average Bonchev–Trinajstić information content (AvgIpc) is 2.56. The molecule has 0 atom stereocenters. The fourth-order valence-electron chi connectivity index (χ4n) is 1.90. The van der Waals surface area contributed by atoms with Crippen LogP contribution < -0.4 is 0 Å². The summed E-state index contributed by atoms with van der Waals surface area (Å²) in [6.45, 7) is 0. The summed E-state index contributed by atoms with van der Waals surface area (Å²) in [4.78, 5) is 2.37. The molecule has 0 saturated heterocycles. The van der Waals surface area contributed by atoms with Crippen LogP contribution in [0.3, 0.4) is 0 Å². The number of hydrogen-bond donors (Lipinski definition) is 0. The molecular weight excluding hydrogens is 217 g/mol. The van der Waals surface area contributed by atoms with Crippen molar-refractivity contribution in [3.63, 3.8) is 0 Å². The van der Waals surface area contributed by atoms with Crippen molar-refractivity contribution in [1.29, 1.82) is 0 Å². The van der Waals surface area contributed by atoms with E-state index >= 15 is 0 Å². The summed E-state index contributed by atoms with van der Waals surface area (Å²) in [5.41, 5.74) is 4.35. The molecule has 3 rings (SSSR count). The molecule has 1 aromatic carbocycles. The van der Waals surface area contributed by atoms with E-state index in [1.54, 1.807) is 4.41 Å². The molecule has 0 aromatic heterocycles. The van der Waals surface area contributed by atoms with Crippen LogP contribution in [0.1, 0.15) is 11.1 Å². The summed E-state index contributed by atoms with van der Waals surface area (Å²) < 4.78 is 1.64. The van der Waals surface area contributed by atoms with Gasteiger partial charge in [-0.25, -0.2) is 0 Å². The molecule has 1 heteroatoms. The van der Waals surface area contributed by atoms with Crippen molar-refractivity contribution < 1.29 is 0 Å². The molecule has 0 saturated carbocycles. The predicted octanol–water partition coefficient (Wildman–Crippen LogP) is 1.77. The van der Waals surface area contributed by atoms with Crippen molar-refractivity contribution in [3.8, 4) is 0 Å². The van der Waals surface area contributed by atoms with Gasteiger partial charge >= 0.3 is 83.8 Å². The molecule has 61 valence electrons. The normalized spacial score (nSPS) is 17.5. The van der Waals surface area contributed by atoms with Crippen molar-refractivity contribution in [1.82, 2.24) is 0 Å². The first-order valence-electron chi connectivity index (χ1n) is 4.48. The summed E-state index contributed by atoms with van der Waals surface area (Å²) in [6.07, 6.45) is 6.75. The summed E-state index contributed by atoms with van der Waals surface area (Å²) in [5.74, 6) is 0. The molecule has 1 aliphatic carbocycles. The molecule has 0 spiro atoms. The van der Waals surface area contributed by atoms with Gasteiger partial charge in [-0.1, -0.05) is 0 Å². The van der Waals surface area contributed by atoms with Crippen molar-refractivity contribution in [2.24, 2.45) is 0 Å². The first-order valence-corrected chi connectivity index (χ1v) is 7.09. The number of fused-ring (bicyclic) bond motifs is 2. The van der Waals surface area contributed by atoms with Gasteiger partial charge in [0.05, 0.1) is 0 Å². The van der Waals surface area contributed by atoms with Crippen LogP contribution >= 0.6 is 0 Å². The molecule has 2 aliphatic rings. The molecule has 13 heavy (non-hydrogen) atoms. The van der Waals surface area contributed by atoms with Crippen LogP contribution in [0.5, 0.6) is 0 Å². The Kier molecular flexibility index (Phi) is 1.62. The Morgan fingerprint density at radius 3 is 3.00 bits per heavy atom. The minimum atomic E-state index is -0.287. The van der Waals surface area contributed by atoms with E-state index in [1.807, 2.05) is 0 Å². The first-order chi connectivity index (χ1) is 6.45. The van der Waals surface area contributed by atoms with E-state index in [9.17, 15) is 0 Å². The number of benzene rings is 1. The standard InChI is InChI=1S/C12H9Ge/c1-2-6-11-9(4-1)8-10-5-3-7-13-12(10)11/h1-8,13H. The summed E-state index contributed by atoms with van der Waals surface area (Å²) >= 11 is -0.287. The summed E-state index contributed by atoms with van der Waals surface area (Å²) in [5, 5.41) is 0. The number of hydrogen-bond acceptors (Lipinski definition) is 0. The van der Waals surface area contributed by atoms with Gasteiger partial charge in [-0.3, -0.25) is 0 Å². The van der Waals surface area contributed by atoms with Gasteiger partial charge in [-0.2, -0.15) is 0 Å². The van der Waals surface area contributed by atoms with E-state index < -0.39 is 0 Å². The summed E-state index contributed by atoms with van der Waals surface area (Å²) in [6, 6.07) is 8.71. The quantitative estimate of drug-likeness (QED) is 0.591. The molecule has 1 heterocycles. The zero-order chi connectivity index (χ0) is 8.67. The SMILES string of the molecule is [CH]1C2=[C]([GeH]=[CH]C=C2)c2ccccc21. The average molecular weight is 226 g/mol. The Balaban J connectivity index is 2.24. The van der Waals surface area contributed by atoms with E-state index in [1.165, 1.54) is 16.7 Å². The van der Waals surface area contributed by atoms with Crippen LogP contribution in [-0.4, -0.2) is 19.8 Å². The van der Waals surface area contributed by atoms with Crippen LogP contribution in [-0.2, 0) is 0 Å². The van der Waals surface area contributed by atoms with Gasteiger partial charge in [-0.15, -0.1) is 0 Å². The van der Waals surface area contributed by atoms with E-state index in [0.717, 1.165) is 0 Å². The van der Waals surface area contributed by atoms with Crippen molar-refractivity contribution >= 4 is 24.2 Å². The summed E-state index contributed by atoms with van der Waals surface area (Å²) in [7, 11) is 0. The second kappa shape index (κ2) is 2.81. The molecular formula is C12H9Ge. The Hall–Kier alpha value is -0.887. The van der Waals surface area contributed by atoms with Gasteiger partial charge < -0.3 is 0 Å².